The van der Waals surface area contributed by atoms with Gasteiger partial charge in [-0.15, -0.1) is 12.4 Å². The zero-order valence-corrected chi connectivity index (χ0v) is 14.4. The summed E-state index contributed by atoms with van der Waals surface area (Å²) in [4.78, 5) is 12.2. The van der Waals surface area contributed by atoms with Crippen LogP contribution in [0.2, 0.25) is 5.02 Å². The third kappa shape index (κ3) is 4.35. The maximum atomic E-state index is 12.2. The average molecular weight is 331 g/mol. The van der Waals surface area contributed by atoms with E-state index in [-0.39, 0.29) is 29.6 Å². The first-order valence-corrected chi connectivity index (χ1v) is 7.53. The molecule has 1 saturated heterocycles. The Morgan fingerprint density at radius 2 is 2.05 bits per heavy atom. The van der Waals surface area contributed by atoms with Gasteiger partial charge >= 0.3 is 0 Å². The number of hydrogen-bond donors (Lipinski definition) is 2. The summed E-state index contributed by atoms with van der Waals surface area (Å²) in [5.41, 5.74) is 0.894. The molecule has 2 N–H and O–H groups in total. The summed E-state index contributed by atoms with van der Waals surface area (Å²) in [5, 5.41) is 7.03. The van der Waals surface area contributed by atoms with Crippen LogP contribution >= 0.6 is 24.0 Å². The van der Waals surface area contributed by atoms with E-state index in [9.17, 15) is 4.79 Å². The molecule has 0 spiro atoms. The molecule has 0 aliphatic carbocycles. The van der Waals surface area contributed by atoms with Crippen LogP contribution in [0.15, 0.2) is 24.3 Å². The summed E-state index contributed by atoms with van der Waals surface area (Å²) in [5.74, 6) is 0.674. The summed E-state index contributed by atoms with van der Waals surface area (Å²) in [6.07, 6.45) is 0. The van der Waals surface area contributed by atoms with Crippen LogP contribution in [-0.2, 0) is 10.2 Å². The Bertz CT molecular complexity index is 487. The van der Waals surface area contributed by atoms with E-state index < -0.39 is 0 Å². The second-order valence-electron chi connectivity index (χ2n) is 6.29. The highest BCUT2D eigenvalue weighted by Gasteiger charge is 2.30. The Balaban J connectivity index is 0.00000220. The van der Waals surface area contributed by atoms with Crippen molar-refractivity contribution >= 4 is 29.9 Å². The summed E-state index contributed by atoms with van der Waals surface area (Å²) in [7, 11) is 0. The highest BCUT2D eigenvalue weighted by Crippen LogP contribution is 2.29. The summed E-state index contributed by atoms with van der Waals surface area (Å²) >= 11 is 6.25. The minimum absolute atomic E-state index is 0. The molecule has 1 heterocycles. The fourth-order valence-corrected chi connectivity index (χ4v) is 2.84. The van der Waals surface area contributed by atoms with Crippen molar-refractivity contribution in [3.05, 3.63) is 34.9 Å². The lowest BCUT2D eigenvalue weighted by molar-refractivity contribution is -0.126. The van der Waals surface area contributed by atoms with Gasteiger partial charge in [-0.05, 0) is 30.6 Å². The molecule has 3 nitrogen and oxygen atoms in total. The van der Waals surface area contributed by atoms with Crippen LogP contribution < -0.4 is 10.6 Å². The normalized spacial score (nSPS) is 16.6. The molecule has 1 aromatic rings. The van der Waals surface area contributed by atoms with E-state index in [0.717, 1.165) is 23.7 Å². The lowest BCUT2D eigenvalue weighted by Crippen LogP contribution is -2.50. The van der Waals surface area contributed by atoms with Crippen LogP contribution in [0, 0.1) is 11.8 Å². The summed E-state index contributed by atoms with van der Waals surface area (Å²) in [6.45, 7) is 8.70. The van der Waals surface area contributed by atoms with Crippen LogP contribution in [0.1, 0.15) is 26.3 Å². The minimum Gasteiger partial charge on any atom is -0.355 e. The molecule has 1 aliphatic rings. The number of halogens is 2. The van der Waals surface area contributed by atoms with Gasteiger partial charge in [0, 0.05) is 22.9 Å². The molecule has 1 atom stereocenters. The standard InChI is InChI=1S/C16H23ClN2O.ClH/c1-11(12-8-18-9-12)15(20)19-10-16(2,3)13-6-4-5-7-14(13)17;/h4-7,11-12,18H,8-10H2,1-3H3,(H,19,20);1H. The van der Waals surface area contributed by atoms with E-state index in [2.05, 4.69) is 24.5 Å². The van der Waals surface area contributed by atoms with Crippen molar-refractivity contribution in [3.63, 3.8) is 0 Å². The van der Waals surface area contributed by atoms with Crippen molar-refractivity contribution in [2.24, 2.45) is 11.8 Å². The van der Waals surface area contributed by atoms with Crippen LogP contribution in [0.25, 0.3) is 0 Å². The Morgan fingerprint density at radius 1 is 1.43 bits per heavy atom. The third-order valence-corrected chi connectivity index (χ3v) is 4.57. The van der Waals surface area contributed by atoms with Crippen LogP contribution in [0.4, 0.5) is 0 Å². The first-order chi connectivity index (χ1) is 9.42. The molecule has 0 radical (unpaired) electrons. The predicted molar refractivity (Wildman–Crippen MR) is 90.3 cm³/mol. The monoisotopic (exact) mass is 330 g/mol. The topological polar surface area (TPSA) is 41.1 Å². The van der Waals surface area contributed by atoms with Gasteiger partial charge in [0.1, 0.15) is 0 Å². The van der Waals surface area contributed by atoms with Gasteiger partial charge in [-0.1, -0.05) is 50.6 Å². The number of carbonyl (C=O) groups is 1. The second-order valence-corrected chi connectivity index (χ2v) is 6.70. The number of amides is 1. The van der Waals surface area contributed by atoms with Gasteiger partial charge in [-0.3, -0.25) is 4.79 Å². The second kappa shape index (κ2) is 7.48. The molecule has 2 rings (SSSR count). The lowest BCUT2D eigenvalue weighted by atomic mass is 9.83. The van der Waals surface area contributed by atoms with Gasteiger partial charge in [0.05, 0.1) is 0 Å². The van der Waals surface area contributed by atoms with Crippen LogP contribution in [-0.4, -0.2) is 25.5 Å². The zero-order valence-electron chi connectivity index (χ0n) is 12.8. The Morgan fingerprint density at radius 3 is 2.57 bits per heavy atom. The lowest BCUT2D eigenvalue weighted by Gasteiger charge is -2.33. The molecule has 1 fully saturated rings. The SMILES string of the molecule is CC(C(=O)NCC(C)(C)c1ccccc1Cl)C1CNC1.Cl. The number of hydrogen-bond acceptors (Lipinski definition) is 2. The fourth-order valence-electron chi connectivity index (χ4n) is 2.45. The van der Waals surface area contributed by atoms with Crippen molar-refractivity contribution in [2.75, 3.05) is 19.6 Å². The molecule has 118 valence electrons. The first-order valence-electron chi connectivity index (χ1n) is 7.15. The number of benzene rings is 1. The first kappa shape index (κ1) is 18.3. The van der Waals surface area contributed by atoms with Crippen molar-refractivity contribution in [2.45, 2.75) is 26.2 Å². The Labute approximate surface area is 138 Å². The highest BCUT2D eigenvalue weighted by molar-refractivity contribution is 6.31. The number of nitrogens with one attached hydrogen (secondary N) is 2. The van der Waals surface area contributed by atoms with Gasteiger partial charge in [0.2, 0.25) is 5.91 Å². The fraction of sp³-hybridized carbons (Fsp3) is 0.562. The van der Waals surface area contributed by atoms with Crippen molar-refractivity contribution in [1.29, 1.82) is 0 Å². The van der Waals surface area contributed by atoms with E-state index in [0.29, 0.717) is 12.5 Å². The molecular formula is C16H24Cl2N2O. The van der Waals surface area contributed by atoms with Crippen molar-refractivity contribution in [1.82, 2.24) is 10.6 Å². The molecule has 1 aromatic carbocycles. The molecule has 0 saturated carbocycles. The van der Waals surface area contributed by atoms with Gasteiger partial charge < -0.3 is 10.6 Å². The Kier molecular flexibility index (Phi) is 6.51. The van der Waals surface area contributed by atoms with Crippen LogP contribution in [0.5, 0.6) is 0 Å². The maximum absolute atomic E-state index is 12.2. The van der Waals surface area contributed by atoms with E-state index >= 15 is 0 Å². The molecule has 1 amide bonds. The molecular weight excluding hydrogens is 307 g/mol. The summed E-state index contributed by atoms with van der Waals surface area (Å²) in [6, 6.07) is 7.82. The van der Waals surface area contributed by atoms with Crippen molar-refractivity contribution < 1.29 is 4.79 Å². The molecule has 0 bridgehead atoms. The molecule has 1 aliphatic heterocycles. The van der Waals surface area contributed by atoms with Gasteiger partial charge in [0.25, 0.3) is 0 Å². The quantitative estimate of drug-likeness (QED) is 0.871. The zero-order chi connectivity index (χ0) is 14.8. The van der Waals surface area contributed by atoms with Gasteiger partial charge in [-0.2, -0.15) is 0 Å². The maximum Gasteiger partial charge on any atom is 0.223 e. The van der Waals surface area contributed by atoms with Crippen LogP contribution in [0.3, 0.4) is 0 Å². The van der Waals surface area contributed by atoms with E-state index in [1.54, 1.807) is 0 Å². The average Bonchev–Trinajstić information content (AvgIpc) is 2.34. The van der Waals surface area contributed by atoms with E-state index in [1.165, 1.54) is 0 Å². The minimum atomic E-state index is -0.175. The van der Waals surface area contributed by atoms with Crippen molar-refractivity contribution in [3.8, 4) is 0 Å². The highest BCUT2D eigenvalue weighted by atomic mass is 35.5. The van der Waals surface area contributed by atoms with Gasteiger partial charge in [-0.25, -0.2) is 0 Å². The number of rotatable bonds is 5. The number of carbonyl (C=O) groups excluding carboxylic acids is 1. The molecule has 0 aromatic heterocycles. The molecule has 5 heteroatoms. The van der Waals surface area contributed by atoms with E-state index in [1.807, 2.05) is 31.2 Å². The summed E-state index contributed by atoms with van der Waals surface area (Å²) < 4.78 is 0. The third-order valence-electron chi connectivity index (χ3n) is 4.24. The Hall–Kier alpha value is -0.770. The smallest absolute Gasteiger partial charge is 0.223 e. The largest absolute Gasteiger partial charge is 0.355 e. The molecule has 1 unspecified atom stereocenters. The van der Waals surface area contributed by atoms with E-state index in [4.69, 9.17) is 11.6 Å². The van der Waals surface area contributed by atoms with Gasteiger partial charge in [0.15, 0.2) is 0 Å². The predicted octanol–water partition coefficient (Wildman–Crippen LogP) is 3.01. The molecule has 21 heavy (non-hydrogen) atoms.